The fraction of sp³-hybridized carbons (Fsp3) is 1.00. The Morgan fingerprint density at radius 1 is 1.22 bits per heavy atom. The van der Waals surface area contributed by atoms with Crippen LogP contribution in [-0.2, 0) is 4.74 Å². The van der Waals surface area contributed by atoms with Crippen molar-refractivity contribution in [1.82, 2.24) is 10.2 Å². The van der Waals surface area contributed by atoms with Crippen LogP contribution in [0.4, 0.5) is 0 Å². The van der Waals surface area contributed by atoms with Gasteiger partial charge in [0.25, 0.3) is 0 Å². The number of rotatable bonds is 6. The molecular formula is C15H32N2O. The average molecular weight is 256 g/mol. The third-order valence-electron chi connectivity index (χ3n) is 3.73. The van der Waals surface area contributed by atoms with E-state index in [1.165, 1.54) is 32.4 Å². The second-order valence-corrected chi connectivity index (χ2v) is 6.47. The lowest BCUT2D eigenvalue weighted by Gasteiger charge is -2.33. The summed E-state index contributed by atoms with van der Waals surface area (Å²) < 4.78 is 5.51. The lowest BCUT2D eigenvalue weighted by Crippen LogP contribution is -2.43. The first-order valence-corrected chi connectivity index (χ1v) is 7.57. The molecule has 0 aromatic carbocycles. The molecule has 108 valence electrons. The van der Waals surface area contributed by atoms with Crippen LogP contribution in [0.1, 0.15) is 47.0 Å². The third kappa shape index (κ3) is 6.17. The standard InChI is InChI=1S/C15H32N2O/c1-5-8-16-14(15(2,3)4)7-10-17-9-6-12-18-13-11-17/h14,16H,5-13H2,1-4H3. The van der Waals surface area contributed by atoms with Gasteiger partial charge in [0.15, 0.2) is 0 Å². The molecule has 0 amide bonds. The highest BCUT2D eigenvalue weighted by atomic mass is 16.5. The van der Waals surface area contributed by atoms with E-state index in [-0.39, 0.29) is 0 Å². The van der Waals surface area contributed by atoms with Crippen molar-refractivity contribution in [2.24, 2.45) is 5.41 Å². The van der Waals surface area contributed by atoms with Crippen LogP contribution in [0.5, 0.6) is 0 Å². The minimum absolute atomic E-state index is 0.345. The molecule has 18 heavy (non-hydrogen) atoms. The van der Waals surface area contributed by atoms with Gasteiger partial charge in [0.2, 0.25) is 0 Å². The van der Waals surface area contributed by atoms with Crippen molar-refractivity contribution in [2.75, 3.05) is 39.4 Å². The molecule has 1 aliphatic heterocycles. The Labute approximate surface area is 113 Å². The van der Waals surface area contributed by atoms with E-state index in [2.05, 4.69) is 37.9 Å². The van der Waals surface area contributed by atoms with Crippen LogP contribution in [0, 0.1) is 5.41 Å². The summed E-state index contributed by atoms with van der Waals surface area (Å²) in [5, 5.41) is 3.71. The van der Waals surface area contributed by atoms with Crippen LogP contribution >= 0.6 is 0 Å². The molecule has 0 bridgehead atoms. The summed E-state index contributed by atoms with van der Waals surface area (Å²) in [5.74, 6) is 0. The molecule has 1 rings (SSSR count). The molecule has 1 atom stereocenters. The molecule has 1 heterocycles. The molecular weight excluding hydrogens is 224 g/mol. The van der Waals surface area contributed by atoms with E-state index >= 15 is 0 Å². The zero-order chi connectivity index (χ0) is 13.4. The van der Waals surface area contributed by atoms with Crippen molar-refractivity contribution in [2.45, 2.75) is 53.0 Å². The minimum atomic E-state index is 0.345. The highest BCUT2D eigenvalue weighted by Gasteiger charge is 2.24. The predicted octanol–water partition coefficient (Wildman–Crippen LogP) is 2.51. The first-order valence-electron chi connectivity index (χ1n) is 7.57. The lowest BCUT2D eigenvalue weighted by atomic mass is 9.84. The first kappa shape index (κ1) is 15.9. The lowest BCUT2D eigenvalue weighted by molar-refractivity contribution is 0.138. The maximum absolute atomic E-state index is 5.51. The molecule has 1 fully saturated rings. The maximum atomic E-state index is 5.51. The molecule has 0 aromatic rings. The van der Waals surface area contributed by atoms with Gasteiger partial charge in [0.05, 0.1) is 6.61 Å². The second-order valence-electron chi connectivity index (χ2n) is 6.47. The Morgan fingerprint density at radius 3 is 2.67 bits per heavy atom. The van der Waals surface area contributed by atoms with Gasteiger partial charge in [-0.2, -0.15) is 0 Å². The molecule has 0 aliphatic carbocycles. The van der Waals surface area contributed by atoms with Gasteiger partial charge in [0.1, 0.15) is 0 Å². The molecule has 0 radical (unpaired) electrons. The van der Waals surface area contributed by atoms with Gasteiger partial charge < -0.3 is 15.0 Å². The van der Waals surface area contributed by atoms with E-state index in [9.17, 15) is 0 Å². The minimum Gasteiger partial charge on any atom is -0.380 e. The van der Waals surface area contributed by atoms with Crippen molar-refractivity contribution >= 4 is 0 Å². The van der Waals surface area contributed by atoms with Crippen molar-refractivity contribution in [1.29, 1.82) is 0 Å². The molecule has 0 aromatic heterocycles. The number of hydrogen-bond donors (Lipinski definition) is 1. The zero-order valence-corrected chi connectivity index (χ0v) is 12.8. The highest BCUT2D eigenvalue weighted by Crippen LogP contribution is 2.22. The predicted molar refractivity (Wildman–Crippen MR) is 78.0 cm³/mol. The van der Waals surface area contributed by atoms with Crippen molar-refractivity contribution in [3.8, 4) is 0 Å². The van der Waals surface area contributed by atoms with E-state index in [1.54, 1.807) is 0 Å². The zero-order valence-electron chi connectivity index (χ0n) is 12.8. The van der Waals surface area contributed by atoms with Crippen LogP contribution < -0.4 is 5.32 Å². The Kier molecular flexibility index (Phi) is 7.20. The summed E-state index contributed by atoms with van der Waals surface area (Å²) in [4.78, 5) is 2.55. The Hall–Kier alpha value is -0.120. The smallest absolute Gasteiger partial charge is 0.0593 e. The molecule has 1 aliphatic rings. The fourth-order valence-electron chi connectivity index (χ4n) is 2.49. The van der Waals surface area contributed by atoms with Crippen LogP contribution in [0.3, 0.4) is 0 Å². The van der Waals surface area contributed by atoms with Crippen LogP contribution in [0.2, 0.25) is 0 Å². The number of hydrogen-bond acceptors (Lipinski definition) is 3. The van der Waals surface area contributed by atoms with E-state index in [1.807, 2.05) is 0 Å². The van der Waals surface area contributed by atoms with E-state index in [0.29, 0.717) is 11.5 Å². The summed E-state index contributed by atoms with van der Waals surface area (Å²) in [6, 6.07) is 0.613. The van der Waals surface area contributed by atoms with Crippen molar-refractivity contribution < 1.29 is 4.74 Å². The van der Waals surface area contributed by atoms with Crippen LogP contribution in [0.25, 0.3) is 0 Å². The van der Waals surface area contributed by atoms with E-state index in [4.69, 9.17) is 4.74 Å². The number of ether oxygens (including phenoxy) is 1. The topological polar surface area (TPSA) is 24.5 Å². The van der Waals surface area contributed by atoms with Gasteiger partial charge in [-0.1, -0.05) is 27.7 Å². The number of nitrogens with one attached hydrogen (secondary N) is 1. The van der Waals surface area contributed by atoms with Gasteiger partial charge in [0, 0.05) is 25.7 Å². The third-order valence-corrected chi connectivity index (χ3v) is 3.73. The maximum Gasteiger partial charge on any atom is 0.0593 e. The van der Waals surface area contributed by atoms with Gasteiger partial charge in [-0.25, -0.2) is 0 Å². The quantitative estimate of drug-likeness (QED) is 0.790. The van der Waals surface area contributed by atoms with Gasteiger partial charge in [-0.15, -0.1) is 0 Å². The summed E-state index contributed by atoms with van der Waals surface area (Å²) in [7, 11) is 0. The average Bonchev–Trinajstić information content (AvgIpc) is 2.56. The van der Waals surface area contributed by atoms with Crippen molar-refractivity contribution in [3.63, 3.8) is 0 Å². The highest BCUT2D eigenvalue weighted by molar-refractivity contribution is 4.81. The van der Waals surface area contributed by atoms with Gasteiger partial charge >= 0.3 is 0 Å². The molecule has 1 unspecified atom stereocenters. The van der Waals surface area contributed by atoms with Gasteiger partial charge in [-0.3, -0.25) is 0 Å². The Bertz CT molecular complexity index is 205. The molecule has 1 N–H and O–H groups in total. The SMILES string of the molecule is CCCNC(CCN1CCCOCC1)C(C)(C)C. The van der Waals surface area contributed by atoms with Crippen molar-refractivity contribution in [3.05, 3.63) is 0 Å². The summed E-state index contributed by atoms with van der Waals surface area (Å²) in [6.45, 7) is 15.7. The van der Waals surface area contributed by atoms with Gasteiger partial charge in [-0.05, 0) is 37.8 Å². The van der Waals surface area contributed by atoms with Crippen LogP contribution in [-0.4, -0.2) is 50.3 Å². The van der Waals surface area contributed by atoms with Crippen LogP contribution in [0.15, 0.2) is 0 Å². The monoisotopic (exact) mass is 256 g/mol. The molecule has 3 nitrogen and oxygen atoms in total. The molecule has 0 saturated carbocycles. The fourth-order valence-corrected chi connectivity index (χ4v) is 2.49. The Morgan fingerprint density at radius 2 is 2.00 bits per heavy atom. The number of nitrogens with zero attached hydrogens (tertiary/aromatic N) is 1. The van der Waals surface area contributed by atoms with E-state index in [0.717, 1.165) is 26.3 Å². The summed E-state index contributed by atoms with van der Waals surface area (Å²) >= 11 is 0. The molecule has 0 spiro atoms. The van der Waals surface area contributed by atoms with E-state index < -0.39 is 0 Å². The molecule has 1 saturated heterocycles. The summed E-state index contributed by atoms with van der Waals surface area (Å²) in [5.41, 5.74) is 0.345. The molecule has 3 heteroatoms. The summed E-state index contributed by atoms with van der Waals surface area (Å²) in [6.07, 6.45) is 3.64. The normalized spacial score (nSPS) is 20.7. The first-order chi connectivity index (χ1) is 8.54. The Balaban J connectivity index is 2.35. The second kappa shape index (κ2) is 8.13. The largest absolute Gasteiger partial charge is 0.380 e.